The zero-order chi connectivity index (χ0) is 15.8. The van der Waals surface area contributed by atoms with Crippen LogP contribution in [0.5, 0.6) is 0 Å². The summed E-state index contributed by atoms with van der Waals surface area (Å²) in [7, 11) is -2.68. The Bertz CT molecular complexity index is 681. The molecule has 0 radical (unpaired) electrons. The number of nitrogens with zero attached hydrogens (tertiary/aromatic N) is 2. The summed E-state index contributed by atoms with van der Waals surface area (Å²) in [4.78, 5) is 22.5. The number of aromatic amines is 1. The largest absolute Gasteiger partial charge is 0.476 e. The molecule has 0 aliphatic carbocycles. The minimum absolute atomic E-state index is 0.134. The van der Waals surface area contributed by atoms with Gasteiger partial charge in [-0.25, -0.2) is 13.2 Å². The molecule has 1 amide bonds. The molecule has 9 nitrogen and oxygen atoms in total. The number of likely N-dealkylation sites (N-methyl/N-ethyl adjacent to an activating group) is 1. The Labute approximate surface area is 121 Å². The second-order valence-corrected chi connectivity index (χ2v) is 6.55. The van der Waals surface area contributed by atoms with Gasteiger partial charge in [0.2, 0.25) is 15.9 Å². The first kappa shape index (κ1) is 15.4. The zero-order valence-electron chi connectivity index (χ0n) is 11.6. The van der Waals surface area contributed by atoms with Crippen molar-refractivity contribution >= 4 is 21.9 Å². The van der Waals surface area contributed by atoms with E-state index in [4.69, 9.17) is 5.11 Å². The lowest BCUT2D eigenvalue weighted by atomic mass is 10.2. The first-order chi connectivity index (χ1) is 9.80. The van der Waals surface area contributed by atoms with Crippen LogP contribution in [-0.4, -0.2) is 59.5 Å². The summed E-state index contributed by atoms with van der Waals surface area (Å²) in [6, 6.07) is -0.823. The van der Waals surface area contributed by atoms with Crippen LogP contribution in [0.15, 0.2) is 4.90 Å². The Morgan fingerprint density at radius 3 is 2.71 bits per heavy atom. The normalized spacial score (nSPS) is 19.6. The molecular formula is C11H16N4O5S. The van der Waals surface area contributed by atoms with Gasteiger partial charge < -0.3 is 10.4 Å². The summed E-state index contributed by atoms with van der Waals surface area (Å²) in [5.74, 6) is -1.84. The Morgan fingerprint density at radius 2 is 2.14 bits per heavy atom. The van der Waals surface area contributed by atoms with Crippen LogP contribution in [0.3, 0.4) is 0 Å². The van der Waals surface area contributed by atoms with E-state index in [-0.39, 0.29) is 17.1 Å². The van der Waals surface area contributed by atoms with E-state index in [1.165, 1.54) is 14.0 Å². The highest BCUT2D eigenvalue weighted by Gasteiger charge is 2.42. The lowest BCUT2D eigenvalue weighted by Gasteiger charge is -2.22. The molecule has 1 aliphatic heterocycles. The number of aromatic nitrogens is 2. The predicted molar refractivity (Wildman–Crippen MR) is 71.3 cm³/mol. The van der Waals surface area contributed by atoms with Crippen LogP contribution < -0.4 is 5.32 Å². The fourth-order valence-corrected chi connectivity index (χ4v) is 4.40. The molecule has 2 rings (SSSR count). The molecule has 0 saturated carbocycles. The number of carbonyl (C=O) groups is 2. The van der Waals surface area contributed by atoms with E-state index in [0.717, 1.165) is 4.31 Å². The lowest BCUT2D eigenvalue weighted by molar-refractivity contribution is -0.123. The van der Waals surface area contributed by atoms with E-state index in [1.54, 1.807) is 0 Å². The van der Waals surface area contributed by atoms with E-state index in [2.05, 4.69) is 15.5 Å². The van der Waals surface area contributed by atoms with Crippen molar-refractivity contribution in [3.63, 3.8) is 0 Å². The van der Waals surface area contributed by atoms with Gasteiger partial charge in [-0.05, 0) is 19.8 Å². The van der Waals surface area contributed by atoms with Crippen LogP contribution in [0.2, 0.25) is 0 Å². The van der Waals surface area contributed by atoms with Crippen LogP contribution >= 0.6 is 0 Å². The van der Waals surface area contributed by atoms with Crippen molar-refractivity contribution in [3.8, 4) is 0 Å². The minimum Gasteiger partial charge on any atom is -0.476 e. The second kappa shape index (κ2) is 5.45. The molecule has 1 atom stereocenters. The number of hydrogen-bond acceptors (Lipinski definition) is 5. The summed E-state index contributed by atoms with van der Waals surface area (Å²) in [6.45, 7) is 1.60. The third kappa shape index (κ3) is 2.51. The van der Waals surface area contributed by atoms with Gasteiger partial charge in [0, 0.05) is 13.6 Å². The van der Waals surface area contributed by atoms with Crippen LogP contribution in [-0.2, 0) is 14.8 Å². The van der Waals surface area contributed by atoms with E-state index in [1.807, 2.05) is 0 Å². The maximum absolute atomic E-state index is 12.7. The molecule has 1 saturated heterocycles. The van der Waals surface area contributed by atoms with Gasteiger partial charge in [0.15, 0.2) is 5.69 Å². The molecule has 116 valence electrons. The molecule has 1 aromatic rings. The first-order valence-corrected chi connectivity index (χ1v) is 7.76. The van der Waals surface area contributed by atoms with Gasteiger partial charge in [-0.3, -0.25) is 9.89 Å². The molecule has 10 heteroatoms. The summed E-state index contributed by atoms with van der Waals surface area (Å²) in [6.07, 6.45) is 0.939. The van der Waals surface area contributed by atoms with Crippen molar-refractivity contribution in [3.05, 3.63) is 11.4 Å². The average molecular weight is 316 g/mol. The quantitative estimate of drug-likeness (QED) is 0.674. The summed E-state index contributed by atoms with van der Waals surface area (Å²) < 4.78 is 26.4. The summed E-state index contributed by atoms with van der Waals surface area (Å²) in [5.41, 5.74) is -0.426. The zero-order valence-corrected chi connectivity index (χ0v) is 12.4. The molecule has 1 fully saturated rings. The number of nitrogens with one attached hydrogen (secondary N) is 2. The van der Waals surface area contributed by atoms with Gasteiger partial charge in [0.25, 0.3) is 0 Å². The summed E-state index contributed by atoms with van der Waals surface area (Å²) in [5, 5.41) is 17.4. The van der Waals surface area contributed by atoms with E-state index >= 15 is 0 Å². The Kier molecular flexibility index (Phi) is 4.01. The fraction of sp³-hybridized carbons (Fsp3) is 0.545. The first-order valence-electron chi connectivity index (χ1n) is 6.32. The van der Waals surface area contributed by atoms with Gasteiger partial charge in [0.05, 0.1) is 5.69 Å². The van der Waals surface area contributed by atoms with E-state index in [0.29, 0.717) is 12.8 Å². The molecule has 1 unspecified atom stereocenters. The van der Waals surface area contributed by atoms with Crippen molar-refractivity contribution in [2.45, 2.75) is 30.7 Å². The summed E-state index contributed by atoms with van der Waals surface area (Å²) >= 11 is 0. The SMILES string of the molecule is CNC(=O)C1CCCN1S(=O)(=O)c1c(C(=O)O)n[nH]c1C. The Morgan fingerprint density at radius 1 is 1.48 bits per heavy atom. The fourth-order valence-electron chi connectivity index (χ4n) is 2.45. The van der Waals surface area contributed by atoms with Crippen LogP contribution in [0.1, 0.15) is 29.0 Å². The van der Waals surface area contributed by atoms with Crippen molar-refractivity contribution in [2.24, 2.45) is 0 Å². The highest BCUT2D eigenvalue weighted by molar-refractivity contribution is 7.89. The van der Waals surface area contributed by atoms with Gasteiger partial charge >= 0.3 is 5.97 Å². The van der Waals surface area contributed by atoms with Crippen LogP contribution in [0, 0.1) is 6.92 Å². The maximum atomic E-state index is 12.7. The molecule has 0 aromatic carbocycles. The number of H-pyrrole nitrogens is 1. The molecule has 0 spiro atoms. The Balaban J connectivity index is 2.50. The van der Waals surface area contributed by atoms with E-state index in [9.17, 15) is 18.0 Å². The third-order valence-corrected chi connectivity index (χ3v) is 5.48. The van der Waals surface area contributed by atoms with Gasteiger partial charge in [-0.2, -0.15) is 9.40 Å². The van der Waals surface area contributed by atoms with Crippen LogP contribution in [0.4, 0.5) is 0 Å². The van der Waals surface area contributed by atoms with Crippen molar-refractivity contribution in [2.75, 3.05) is 13.6 Å². The average Bonchev–Trinajstić information content (AvgIpc) is 3.04. The molecule has 0 bridgehead atoms. The van der Waals surface area contributed by atoms with Crippen LogP contribution in [0.25, 0.3) is 0 Å². The standard InChI is InChI=1S/C11H16N4O5S/c1-6-9(8(11(17)18)14-13-6)21(19,20)15-5-3-4-7(15)10(16)12-2/h7H,3-5H2,1-2H3,(H,12,16)(H,13,14)(H,17,18). The van der Waals surface area contributed by atoms with Gasteiger partial charge in [-0.15, -0.1) is 0 Å². The number of hydrogen-bond donors (Lipinski definition) is 3. The number of sulfonamides is 1. The van der Waals surface area contributed by atoms with Crippen molar-refractivity contribution < 1.29 is 23.1 Å². The van der Waals surface area contributed by atoms with Crippen molar-refractivity contribution in [1.29, 1.82) is 0 Å². The Hall–Kier alpha value is -1.94. The molecule has 1 aromatic heterocycles. The van der Waals surface area contributed by atoms with Gasteiger partial charge in [0.1, 0.15) is 10.9 Å². The number of aryl methyl sites for hydroxylation is 1. The highest BCUT2D eigenvalue weighted by atomic mass is 32.2. The molecule has 2 heterocycles. The number of carbonyl (C=O) groups excluding carboxylic acids is 1. The number of amides is 1. The molecule has 1 aliphatic rings. The number of rotatable bonds is 4. The van der Waals surface area contributed by atoms with Gasteiger partial charge in [-0.1, -0.05) is 0 Å². The number of aromatic carboxylic acids is 1. The topological polar surface area (TPSA) is 132 Å². The minimum atomic E-state index is -4.11. The van der Waals surface area contributed by atoms with E-state index < -0.39 is 33.6 Å². The smallest absolute Gasteiger partial charge is 0.357 e. The predicted octanol–water partition coefficient (Wildman–Crippen LogP) is -0.685. The maximum Gasteiger partial charge on any atom is 0.357 e. The number of carboxylic acids is 1. The lowest BCUT2D eigenvalue weighted by Crippen LogP contribution is -2.45. The molecule has 21 heavy (non-hydrogen) atoms. The molecule has 3 N–H and O–H groups in total. The second-order valence-electron chi connectivity index (χ2n) is 4.72. The highest BCUT2D eigenvalue weighted by Crippen LogP contribution is 2.29. The monoisotopic (exact) mass is 316 g/mol. The number of carboxylic acid groups (broad SMARTS) is 1. The third-order valence-electron chi connectivity index (χ3n) is 3.41. The van der Waals surface area contributed by atoms with Crippen molar-refractivity contribution in [1.82, 2.24) is 19.8 Å². The molecular weight excluding hydrogens is 300 g/mol.